The summed E-state index contributed by atoms with van der Waals surface area (Å²) in [6, 6.07) is 7.57. The first-order chi connectivity index (χ1) is 13.5. The molecule has 2 aliphatic rings. The Labute approximate surface area is 161 Å². The molecule has 4 rings (SSSR count). The van der Waals surface area contributed by atoms with Crippen LogP contribution >= 0.6 is 0 Å². The van der Waals surface area contributed by atoms with Gasteiger partial charge in [0.05, 0.1) is 20.3 Å². The molecule has 0 saturated carbocycles. The quantitative estimate of drug-likeness (QED) is 0.864. The lowest BCUT2D eigenvalue weighted by atomic mass is 9.79. The Morgan fingerprint density at radius 1 is 1.11 bits per heavy atom. The molecule has 0 bridgehead atoms. The summed E-state index contributed by atoms with van der Waals surface area (Å²) in [6.45, 7) is 0.112. The predicted molar refractivity (Wildman–Crippen MR) is 97.3 cm³/mol. The van der Waals surface area contributed by atoms with Crippen LogP contribution in [0.25, 0.3) is 0 Å². The standard InChI is InChI=1S/C20H19NO7/c1-21-18(10-4-5-13-16(6-10)28-9-27-13)17(20(23)24)11-7-14(25-2)15(26-3)8-12(11)19(21)22/h4-8,17-18H,9H2,1-3H3,(H,23,24)/t17-,18-/m1/s1. The highest BCUT2D eigenvalue weighted by atomic mass is 16.7. The van der Waals surface area contributed by atoms with Gasteiger partial charge in [0.15, 0.2) is 23.0 Å². The Kier molecular flexibility index (Phi) is 4.26. The van der Waals surface area contributed by atoms with Crippen LogP contribution < -0.4 is 18.9 Å². The highest BCUT2D eigenvalue weighted by Gasteiger charge is 2.44. The number of likely N-dealkylation sites (N-methyl/N-ethyl adjacent to an activating group) is 1. The fourth-order valence-electron chi connectivity index (χ4n) is 3.83. The van der Waals surface area contributed by atoms with Crippen molar-refractivity contribution in [3.05, 3.63) is 47.0 Å². The maximum atomic E-state index is 13.1. The third kappa shape index (κ3) is 2.60. The van der Waals surface area contributed by atoms with Gasteiger partial charge in [-0.3, -0.25) is 9.59 Å². The van der Waals surface area contributed by atoms with Gasteiger partial charge in [-0.25, -0.2) is 0 Å². The smallest absolute Gasteiger partial charge is 0.313 e. The number of fused-ring (bicyclic) bond motifs is 2. The molecule has 8 heteroatoms. The molecular weight excluding hydrogens is 366 g/mol. The highest BCUT2D eigenvalue weighted by molar-refractivity contribution is 6.01. The normalized spacial score (nSPS) is 20.0. The van der Waals surface area contributed by atoms with Gasteiger partial charge in [0.1, 0.15) is 5.92 Å². The van der Waals surface area contributed by atoms with E-state index < -0.39 is 17.9 Å². The van der Waals surface area contributed by atoms with Gasteiger partial charge in [-0.2, -0.15) is 0 Å². The zero-order valence-corrected chi connectivity index (χ0v) is 15.6. The number of hydrogen-bond acceptors (Lipinski definition) is 6. The molecule has 2 heterocycles. The third-order valence-corrected chi connectivity index (χ3v) is 5.18. The largest absolute Gasteiger partial charge is 0.493 e. The molecule has 0 unspecified atom stereocenters. The zero-order valence-electron chi connectivity index (χ0n) is 15.6. The SMILES string of the molecule is COc1cc2c(cc1OC)[C@@H](C(=O)O)[C@@H](c1ccc3c(c1)OCO3)N(C)C2=O. The summed E-state index contributed by atoms with van der Waals surface area (Å²) >= 11 is 0. The summed E-state index contributed by atoms with van der Waals surface area (Å²) in [4.78, 5) is 26.8. The number of nitrogens with zero attached hydrogens (tertiary/aromatic N) is 1. The van der Waals surface area contributed by atoms with Crippen LogP contribution in [-0.2, 0) is 4.79 Å². The molecule has 2 aromatic rings. The second-order valence-electron chi connectivity index (χ2n) is 6.58. The highest BCUT2D eigenvalue weighted by Crippen LogP contribution is 2.47. The molecule has 0 fully saturated rings. The molecule has 28 heavy (non-hydrogen) atoms. The molecule has 2 aromatic carbocycles. The van der Waals surface area contributed by atoms with Crippen molar-refractivity contribution >= 4 is 11.9 Å². The fraction of sp³-hybridized carbons (Fsp3) is 0.300. The van der Waals surface area contributed by atoms with Gasteiger partial charge >= 0.3 is 5.97 Å². The Bertz CT molecular complexity index is 971. The molecule has 0 spiro atoms. The Balaban J connectivity index is 1.89. The molecule has 0 saturated heterocycles. The van der Waals surface area contributed by atoms with Crippen molar-refractivity contribution in [3.63, 3.8) is 0 Å². The van der Waals surface area contributed by atoms with E-state index in [1.54, 1.807) is 31.3 Å². The molecule has 1 amide bonds. The van der Waals surface area contributed by atoms with Gasteiger partial charge in [0.25, 0.3) is 5.91 Å². The number of aliphatic carboxylic acids is 1. The average Bonchev–Trinajstić information content (AvgIpc) is 3.16. The molecule has 146 valence electrons. The van der Waals surface area contributed by atoms with Crippen molar-refractivity contribution < 1.29 is 33.6 Å². The van der Waals surface area contributed by atoms with E-state index in [-0.39, 0.29) is 18.3 Å². The van der Waals surface area contributed by atoms with Gasteiger partial charge in [-0.15, -0.1) is 0 Å². The van der Waals surface area contributed by atoms with Crippen molar-refractivity contribution in [3.8, 4) is 23.0 Å². The summed E-state index contributed by atoms with van der Waals surface area (Å²) in [5.41, 5.74) is 1.31. The van der Waals surface area contributed by atoms with E-state index in [4.69, 9.17) is 18.9 Å². The van der Waals surface area contributed by atoms with Gasteiger partial charge in [-0.1, -0.05) is 6.07 Å². The van der Waals surface area contributed by atoms with E-state index in [0.29, 0.717) is 34.1 Å². The number of rotatable bonds is 4. The van der Waals surface area contributed by atoms with Gasteiger partial charge in [0, 0.05) is 12.6 Å². The van der Waals surface area contributed by atoms with Crippen LogP contribution in [0.5, 0.6) is 23.0 Å². The molecule has 0 aliphatic carbocycles. The third-order valence-electron chi connectivity index (χ3n) is 5.18. The molecule has 8 nitrogen and oxygen atoms in total. The monoisotopic (exact) mass is 385 g/mol. The van der Waals surface area contributed by atoms with Crippen LogP contribution in [0.15, 0.2) is 30.3 Å². The second-order valence-corrected chi connectivity index (χ2v) is 6.58. The minimum atomic E-state index is -1.05. The summed E-state index contributed by atoms with van der Waals surface area (Å²) in [7, 11) is 4.52. The predicted octanol–water partition coefficient (Wildman–Crippen LogP) is 2.43. The zero-order chi connectivity index (χ0) is 20.0. The Morgan fingerprint density at radius 2 is 1.79 bits per heavy atom. The minimum Gasteiger partial charge on any atom is -0.493 e. The van der Waals surface area contributed by atoms with E-state index in [1.807, 2.05) is 0 Å². The topological polar surface area (TPSA) is 94.5 Å². The Hall–Kier alpha value is -3.42. The molecular formula is C20H19NO7. The van der Waals surface area contributed by atoms with Crippen molar-refractivity contribution in [1.29, 1.82) is 0 Å². The van der Waals surface area contributed by atoms with Crippen LogP contribution in [0.3, 0.4) is 0 Å². The van der Waals surface area contributed by atoms with E-state index >= 15 is 0 Å². The van der Waals surface area contributed by atoms with Crippen molar-refractivity contribution in [2.45, 2.75) is 12.0 Å². The van der Waals surface area contributed by atoms with E-state index in [9.17, 15) is 14.7 Å². The van der Waals surface area contributed by atoms with Crippen LogP contribution in [0, 0.1) is 0 Å². The van der Waals surface area contributed by atoms with Gasteiger partial charge in [-0.05, 0) is 35.4 Å². The average molecular weight is 385 g/mol. The number of carboxylic acid groups (broad SMARTS) is 1. The fourth-order valence-corrected chi connectivity index (χ4v) is 3.83. The number of carboxylic acids is 1. The number of benzene rings is 2. The number of ether oxygens (including phenoxy) is 4. The van der Waals surface area contributed by atoms with Crippen molar-refractivity contribution in [2.75, 3.05) is 28.1 Å². The van der Waals surface area contributed by atoms with E-state index in [1.165, 1.54) is 25.2 Å². The number of methoxy groups -OCH3 is 2. The summed E-state index contributed by atoms with van der Waals surface area (Å²) < 4.78 is 21.3. The van der Waals surface area contributed by atoms with Gasteiger partial charge < -0.3 is 29.0 Å². The first-order valence-electron chi connectivity index (χ1n) is 8.61. The maximum absolute atomic E-state index is 13.1. The Morgan fingerprint density at radius 3 is 2.46 bits per heavy atom. The summed E-state index contributed by atoms with van der Waals surface area (Å²) in [5, 5.41) is 10.0. The second kappa shape index (κ2) is 6.63. The summed E-state index contributed by atoms with van der Waals surface area (Å²) in [6.07, 6.45) is 0. The molecule has 1 N–H and O–H groups in total. The number of carbonyl (C=O) groups is 2. The lowest BCUT2D eigenvalue weighted by Gasteiger charge is -2.39. The molecule has 2 atom stereocenters. The van der Waals surface area contributed by atoms with Crippen molar-refractivity contribution in [1.82, 2.24) is 4.90 Å². The van der Waals surface area contributed by atoms with Crippen LogP contribution in [-0.4, -0.2) is 49.9 Å². The van der Waals surface area contributed by atoms with Crippen LogP contribution in [0.4, 0.5) is 0 Å². The van der Waals surface area contributed by atoms with Crippen LogP contribution in [0.2, 0.25) is 0 Å². The lowest BCUT2D eigenvalue weighted by Crippen LogP contribution is -2.42. The van der Waals surface area contributed by atoms with E-state index in [0.717, 1.165) is 0 Å². The molecule has 0 aromatic heterocycles. The lowest BCUT2D eigenvalue weighted by molar-refractivity contribution is -0.140. The number of carbonyl (C=O) groups excluding carboxylic acids is 1. The van der Waals surface area contributed by atoms with Crippen LogP contribution in [0.1, 0.15) is 33.4 Å². The first kappa shape index (κ1) is 18.0. The number of hydrogen-bond donors (Lipinski definition) is 1. The minimum absolute atomic E-state index is 0.112. The van der Waals surface area contributed by atoms with Gasteiger partial charge in [0.2, 0.25) is 6.79 Å². The van der Waals surface area contributed by atoms with Crippen molar-refractivity contribution in [2.24, 2.45) is 0 Å². The first-order valence-corrected chi connectivity index (χ1v) is 8.61. The molecule has 2 aliphatic heterocycles. The maximum Gasteiger partial charge on any atom is 0.313 e. The van der Waals surface area contributed by atoms with E-state index in [2.05, 4.69) is 0 Å². The molecule has 0 radical (unpaired) electrons. The number of amides is 1. The summed E-state index contributed by atoms with van der Waals surface area (Å²) in [5.74, 6) is -0.472.